The smallest absolute Gasteiger partial charge is 0.253 e. The number of rotatable bonds is 1. The number of nitrogens with zero attached hydrogens (tertiary/aromatic N) is 2. The minimum atomic E-state index is 0.0942. The van der Waals surface area contributed by atoms with Gasteiger partial charge in [0.15, 0.2) is 0 Å². The number of likely N-dealkylation sites (N-methyl/N-ethyl adjacent to an activating group) is 1. The van der Waals surface area contributed by atoms with E-state index >= 15 is 0 Å². The third-order valence-corrected chi connectivity index (χ3v) is 3.45. The zero-order chi connectivity index (χ0) is 14.4. The molecule has 1 heterocycles. The second-order valence-electron chi connectivity index (χ2n) is 5.04. The van der Waals surface area contributed by atoms with Crippen LogP contribution in [0.4, 0.5) is 0 Å². The highest BCUT2D eigenvalue weighted by Gasteiger charge is 2.18. The topological polar surface area (TPSA) is 49.6 Å². The van der Waals surface area contributed by atoms with Crippen molar-refractivity contribution in [3.8, 4) is 11.8 Å². The molecule has 1 aliphatic rings. The molecule has 0 aromatic heterocycles. The van der Waals surface area contributed by atoms with Gasteiger partial charge in [0, 0.05) is 30.8 Å². The van der Waals surface area contributed by atoms with E-state index < -0.39 is 0 Å². The van der Waals surface area contributed by atoms with Crippen LogP contribution in [0, 0.1) is 11.8 Å². The molecule has 1 aliphatic heterocycles. The first-order valence-corrected chi connectivity index (χ1v) is 6.97. The molecule has 1 aromatic carbocycles. The lowest BCUT2D eigenvalue weighted by atomic mass is 10.1. The van der Waals surface area contributed by atoms with Crippen molar-refractivity contribution in [2.24, 2.45) is 5.73 Å². The number of carbonyl (C=O) groups is 1. The van der Waals surface area contributed by atoms with Gasteiger partial charge in [-0.15, -0.1) is 0 Å². The fourth-order valence-corrected chi connectivity index (χ4v) is 2.32. The van der Waals surface area contributed by atoms with E-state index in [0.29, 0.717) is 12.1 Å². The molecule has 1 amide bonds. The maximum absolute atomic E-state index is 12.5. The second kappa shape index (κ2) is 7.09. The van der Waals surface area contributed by atoms with Gasteiger partial charge in [-0.3, -0.25) is 4.79 Å². The Labute approximate surface area is 120 Å². The van der Waals surface area contributed by atoms with Crippen molar-refractivity contribution < 1.29 is 4.79 Å². The van der Waals surface area contributed by atoms with Crippen LogP contribution >= 0.6 is 0 Å². The number of carbonyl (C=O) groups excluding carboxylic acids is 1. The van der Waals surface area contributed by atoms with E-state index in [4.69, 9.17) is 5.73 Å². The zero-order valence-corrected chi connectivity index (χ0v) is 11.9. The molecule has 2 rings (SSSR count). The van der Waals surface area contributed by atoms with E-state index in [-0.39, 0.29) is 5.91 Å². The molecule has 1 saturated heterocycles. The highest BCUT2D eigenvalue weighted by atomic mass is 16.2. The van der Waals surface area contributed by atoms with Crippen LogP contribution in [0.1, 0.15) is 22.3 Å². The molecule has 0 atom stereocenters. The lowest BCUT2D eigenvalue weighted by Crippen LogP contribution is -2.34. The Morgan fingerprint density at radius 2 is 2.15 bits per heavy atom. The van der Waals surface area contributed by atoms with Gasteiger partial charge in [-0.25, -0.2) is 0 Å². The molecule has 20 heavy (non-hydrogen) atoms. The van der Waals surface area contributed by atoms with Crippen molar-refractivity contribution in [2.45, 2.75) is 6.42 Å². The first kappa shape index (κ1) is 14.6. The number of benzene rings is 1. The largest absolute Gasteiger partial charge is 0.337 e. The molecular weight excluding hydrogens is 250 g/mol. The maximum Gasteiger partial charge on any atom is 0.253 e. The Hall–Kier alpha value is -1.83. The summed E-state index contributed by atoms with van der Waals surface area (Å²) >= 11 is 0. The van der Waals surface area contributed by atoms with Crippen molar-refractivity contribution in [3.63, 3.8) is 0 Å². The van der Waals surface area contributed by atoms with Crippen LogP contribution in [0.15, 0.2) is 24.3 Å². The Morgan fingerprint density at radius 1 is 1.30 bits per heavy atom. The van der Waals surface area contributed by atoms with E-state index in [9.17, 15) is 4.79 Å². The van der Waals surface area contributed by atoms with Gasteiger partial charge in [0.05, 0.1) is 6.54 Å². The molecule has 0 bridgehead atoms. The third kappa shape index (κ3) is 3.83. The molecule has 2 N–H and O–H groups in total. The molecular formula is C16H21N3O. The Balaban J connectivity index is 2.12. The average molecular weight is 271 g/mol. The normalized spacial score (nSPS) is 16.2. The molecule has 1 fully saturated rings. The zero-order valence-electron chi connectivity index (χ0n) is 11.9. The van der Waals surface area contributed by atoms with Gasteiger partial charge >= 0.3 is 0 Å². The van der Waals surface area contributed by atoms with Gasteiger partial charge < -0.3 is 15.5 Å². The first-order chi connectivity index (χ1) is 9.70. The van der Waals surface area contributed by atoms with E-state index in [1.54, 1.807) is 0 Å². The Kier molecular flexibility index (Phi) is 5.16. The van der Waals surface area contributed by atoms with Crippen LogP contribution in [0.25, 0.3) is 0 Å². The van der Waals surface area contributed by atoms with Crippen molar-refractivity contribution in [1.82, 2.24) is 9.80 Å². The van der Waals surface area contributed by atoms with Crippen LogP contribution in [-0.2, 0) is 0 Å². The Morgan fingerprint density at radius 3 is 2.95 bits per heavy atom. The van der Waals surface area contributed by atoms with Crippen molar-refractivity contribution >= 4 is 5.91 Å². The highest BCUT2D eigenvalue weighted by Crippen LogP contribution is 2.10. The monoisotopic (exact) mass is 271 g/mol. The SMILES string of the molecule is CN1CCCN(C(=O)c2cccc(C#CCN)c2)CC1. The van der Waals surface area contributed by atoms with E-state index in [2.05, 4.69) is 23.8 Å². The van der Waals surface area contributed by atoms with Crippen LogP contribution in [0.2, 0.25) is 0 Å². The summed E-state index contributed by atoms with van der Waals surface area (Å²) in [5.74, 6) is 5.87. The number of hydrogen-bond acceptors (Lipinski definition) is 3. The van der Waals surface area contributed by atoms with Crippen molar-refractivity contribution in [3.05, 3.63) is 35.4 Å². The van der Waals surface area contributed by atoms with Crippen molar-refractivity contribution in [1.29, 1.82) is 0 Å². The van der Waals surface area contributed by atoms with Crippen LogP contribution in [-0.4, -0.2) is 55.5 Å². The predicted molar refractivity (Wildman–Crippen MR) is 80.4 cm³/mol. The first-order valence-electron chi connectivity index (χ1n) is 6.97. The summed E-state index contributed by atoms with van der Waals surface area (Å²) in [7, 11) is 2.09. The number of nitrogens with two attached hydrogens (primary N) is 1. The summed E-state index contributed by atoms with van der Waals surface area (Å²) < 4.78 is 0. The van der Waals surface area contributed by atoms with Crippen LogP contribution in [0.3, 0.4) is 0 Å². The minimum Gasteiger partial charge on any atom is -0.337 e. The van der Waals surface area contributed by atoms with Crippen molar-refractivity contribution in [2.75, 3.05) is 39.8 Å². The van der Waals surface area contributed by atoms with Gasteiger partial charge in [-0.2, -0.15) is 0 Å². The van der Waals surface area contributed by atoms with Gasteiger partial charge in [0.2, 0.25) is 0 Å². The van der Waals surface area contributed by atoms with Gasteiger partial charge in [-0.05, 0) is 38.2 Å². The highest BCUT2D eigenvalue weighted by molar-refractivity contribution is 5.94. The van der Waals surface area contributed by atoms with Gasteiger partial charge in [0.25, 0.3) is 5.91 Å². The fraction of sp³-hybridized carbons (Fsp3) is 0.438. The maximum atomic E-state index is 12.5. The molecule has 1 aromatic rings. The molecule has 0 unspecified atom stereocenters. The summed E-state index contributed by atoms with van der Waals surface area (Å²) in [6, 6.07) is 7.47. The number of hydrogen-bond donors (Lipinski definition) is 1. The van der Waals surface area contributed by atoms with Crippen LogP contribution < -0.4 is 5.73 Å². The lowest BCUT2D eigenvalue weighted by molar-refractivity contribution is 0.0763. The summed E-state index contributed by atoms with van der Waals surface area (Å²) in [6.07, 6.45) is 1.02. The molecule has 0 radical (unpaired) electrons. The van der Waals surface area contributed by atoms with Crippen LogP contribution in [0.5, 0.6) is 0 Å². The number of amides is 1. The summed E-state index contributed by atoms with van der Waals surface area (Å²) in [6.45, 7) is 3.91. The van der Waals surface area contributed by atoms with Gasteiger partial charge in [-0.1, -0.05) is 17.9 Å². The van der Waals surface area contributed by atoms with E-state index in [0.717, 1.165) is 38.2 Å². The summed E-state index contributed by atoms with van der Waals surface area (Å²) in [4.78, 5) is 16.7. The standard InChI is InChI=1S/C16H21N3O/c1-18-9-4-10-19(12-11-18)16(20)15-7-2-5-14(13-15)6-3-8-17/h2,5,7,13H,4,8-12,17H2,1H3. The Bertz CT molecular complexity index is 530. The van der Waals surface area contributed by atoms with E-state index in [1.807, 2.05) is 29.2 Å². The molecule has 106 valence electrons. The summed E-state index contributed by atoms with van der Waals surface area (Å²) in [5, 5.41) is 0. The quantitative estimate of drug-likeness (QED) is 0.768. The molecule has 4 nitrogen and oxygen atoms in total. The molecule has 4 heteroatoms. The molecule has 0 saturated carbocycles. The fourth-order valence-electron chi connectivity index (χ4n) is 2.32. The summed E-state index contributed by atoms with van der Waals surface area (Å²) in [5.41, 5.74) is 6.92. The third-order valence-electron chi connectivity index (χ3n) is 3.45. The predicted octanol–water partition coefficient (Wildman–Crippen LogP) is 0.775. The molecule has 0 spiro atoms. The van der Waals surface area contributed by atoms with Gasteiger partial charge in [0.1, 0.15) is 0 Å². The average Bonchev–Trinajstić information content (AvgIpc) is 2.69. The second-order valence-corrected chi connectivity index (χ2v) is 5.04. The minimum absolute atomic E-state index is 0.0942. The van der Waals surface area contributed by atoms with E-state index in [1.165, 1.54) is 0 Å². The lowest BCUT2D eigenvalue weighted by Gasteiger charge is -2.20. The molecule has 0 aliphatic carbocycles.